The van der Waals surface area contributed by atoms with Crippen molar-refractivity contribution in [1.82, 2.24) is 9.71 Å². The van der Waals surface area contributed by atoms with E-state index in [1.54, 1.807) is 0 Å². The summed E-state index contributed by atoms with van der Waals surface area (Å²) < 4.78 is 33.2. The summed E-state index contributed by atoms with van der Waals surface area (Å²) in [5, 5.41) is 2.42. The molecule has 2 N–H and O–H groups in total. The first-order valence-corrected chi connectivity index (χ1v) is 18.2. The average Bonchev–Trinajstić information content (AvgIpc) is 2.96. The molecule has 0 spiro atoms. The van der Waals surface area contributed by atoms with Gasteiger partial charge in [0, 0.05) is 21.8 Å². The molecular formula is C22H39N2O3SSi2. The van der Waals surface area contributed by atoms with E-state index in [1.807, 2.05) is 18.2 Å². The maximum Gasteiger partial charge on any atom is 0.215 e. The van der Waals surface area contributed by atoms with Crippen molar-refractivity contribution < 1.29 is 12.8 Å². The molecule has 0 aliphatic carbocycles. The van der Waals surface area contributed by atoms with Gasteiger partial charge in [-0.05, 0) is 56.1 Å². The Morgan fingerprint density at radius 2 is 1.83 bits per heavy atom. The third-order valence-corrected chi connectivity index (χ3v) is 9.16. The normalized spacial score (nSPS) is 14.6. The molecule has 0 bridgehead atoms. The van der Waals surface area contributed by atoms with E-state index in [0.29, 0.717) is 0 Å². The molecule has 1 atom stereocenters. The van der Waals surface area contributed by atoms with E-state index in [9.17, 15) is 8.42 Å². The van der Waals surface area contributed by atoms with Gasteiger partial charge in [0.25, 0.3) is 0 Å². The lowest BCUT2D eigenvalue weighted by atomic mass is 9.88. The SMILES string of the molecule is CNS(=O)(=O)Cc1ccc2[nH]c([Si](C)(C)C)c(C(CCC(C)(C)C)O[Si](C)C)c2c1. The third-order valence-electron chi connectivity index (χ3n) is 5.18. The molecule has 2 rings (SSSR count). The van der Waals surface area contributed by atoms with Gasteiger partial charge in [-0.15, -0.1) is 0 Å². The van der Waals surface area contributed by atoms with E-state index in [-0.39, 0.29) is 17.3 Å². The number of hydrogen-bond donors (Lipinski definition) is 2. The summed E-state index contributed by atoms with van der Waals surface area (Å²) >= 11 is 0. The van der Waals surface area contributed by atoms with E-state index < -0.39 is 27.1 Å². The second-order valence-corrected chi connectivity index (χ2v) is 19.6. The lowest BCUT2D eigenvalue weighted by Gasteiger charge is -2.28. The van der Waals surface area contributed by atoms with Gasteiger partial charge >= 0.3 is 0 Å². The molecule has 0 aliphatic heterocycles. The van der Waals surface area contributed by atoms with Crippen LogP contribution in [0.4, 0.5) is 0 Å². The van der Waals surface area contributed by atoms with Gasteiger partial charge in [-0.3, -0.25) is 0 Å². The number of benzene rings is 1. The fourth-order valence-electron chi connectivity index (χ4n) is 3.68. The van der Waals surface area contributed by atoms with E-state index in [2.05, 4.69) is 63.2 Å². The summed E-state index contributed by atoms with van der Waals surface area (Å²) in [6.45, 7) is 18.2. The number of rotatable bonds is 9. The first-order chi connectivity index (χ1) is 13.6. The van der Waals surface area contributed by atoms with Crippen molar-refractivity contribution in [3.63, 3.8) is 0 Å². The topological polar surface area (TPSA) is 71.2 Å². The summed E-state index contributed by atoms with van der Waals surface area (Å²) in [5.41, 5.74) is 3.35. The molecule has 1 heterocycles. The number of aromatic nitrogens is 1. The van der Waals surface area contributed by atoms with E-state index >= 15 is 0 Å². The smallest absolute Gasteiger partial charge is 0.215 e. The van der Waals surface area contributed by atoms with Crippen LogP contribution in [0, 0.1) is 5.41 Å². The second kappa shape index (κ2) is 9.28. The molecule has 2 aromatic rings. The monoisotopic (exact) mass is 467 g/mol. The molecule has 0 fully saturated rings. The average molecular weight is 468 g/mol. The van der Waals surface area contributed by atoms with Gasteiger partial charge in [-0.2, -0.15) is 0 Å². The Hall–Kier alpha value is -0.936. The molecule has 1 aromatic heterocycles. The van der Waals surface area contributed by atoms with Crippen LogP contribution in [0.1, 0.15) is 50.8 Å². The molecule has 169 valence electrons. The van der Waals surface area contributed by atoms with E-state index in [4.69, 9.17) is 4.43 Å². The summed E-state index contributed by atoms with van der Waals surface area (Å²) in [7, 11) is -4.44. The maximum atomic E-state index is 12.1. The highest BCUT2D eigenvalue weighted by Crippen LogP contribution is 2.35. The van der Waals surface area contributed by atoms with Gasteiger partial charge in [0.2, 0.25) is 19.1 Å². The van der Waals surface area contributed by atoms with Gasteiger partial charge in [0.1, 0.15) is 0 Å². The quantitative estimate of drug-likeness (QED) is 0.515. The van der Waals surface area contributed by atoms with Crippen LogP contribution in [-0.2, 0) is 20.2 Å². The molecule has 1 radical (unpaired) electrons. The molecule has 1 unspecified atom stereocenters. The van der Waals surface area contributed by atoms with Crippen LogP contribution >= 0.6 is 0 Å². The second-order valence-electron chi connectivity index (χ2n) is 10.6. The fourth-order valence-corrected chi connectivity index (χ4v) is 6.86. The molecule has 0 saturated carbocycles. The van der Waals surface area contributed by atoms with Gasteiger partial charge in [-0.25, -0.2) is 13.1 Å². The summed E-state index contributed by atoms with van der Waals surface area (Å²) in [5.74, 6) is -0.0174. The van der Waals surface area contributed by atoms with Crippen molar-refractivity contribution in [3.8, 4) is 0 Å². The van der Waals surface area contributed by atoms with E-state index in [1.165, 1.54) is 17.9 Å². The van der Waals surface area contributed by atoms with Gasteiger partial charge in [-0.1, -0.05) is 46.5 Å². The Labute approximate surface area is 185 Å². The van der Waals surface area contributed by atoms with Crippen molar-refractivity contribution in [2.75, 3.05) is 7.05 Å². The Balaban J connectivity index is 2.66. The molecule has 30 heavy (non-hydrogen) atoms. The Kier molecular flexibility index (Phi) is 7.83. The van der Waals surface area contributed by atoms with Crippen molar-refractivity contribution in [3.05, 3.63) is 29.3 Å². The lowest BCUT2D eigenvalue weighted by molar-refractivity contribution is 0.176. The largest absolute Gasteiger partial charge is 0.410 e. The van der Waals surface area contributed by atoms with Gasteiger partial charge < -0.3 is 9.41 Å². The standard InChI is InChI=1S/C22H39N2O3SSi2/c1-22(2,3)13-12-19(27-29(5)6)20-17-14-16(15-28(25,26)23-4)10-11-18(17)24-21(20)30(7,8)9/h10-11,14,19,23-24H,12-13,15H2,1-9H3. The van der Waals surface area contributed by atoms with Crippen LogP contribution in [0.2, 0.25) is 32.7 Å². The number of sulfonamides is 1. The first kappa shape index (κ1) is 25.3. The van der Waals surface area contributed by atoms with E-state index in [0.717, 1.165) is 29.3 Å². The zero-order valence-corrected chi connectivity index (χ0v) is 22.9. The zero-order chi connectivity index (χ0) is 22.9. The molecule has 1 aromatic carbocycles. The number of nitrogens with one attached hydrogen (secondary N) is 2. The first-order valence-electron chi connectivity index (χ1n) is 10.7. The molecule has 5 nitrogen and oxygen atoms in total. The maximum absolute atomic E-state index is 12.1. The Bertz CT molecular complexity index is 971. The molecule has 8 heteroatoms. The molecule has 0 amide bonds. The summed E-state index contributed by atoms with van der Waals surface area (Å²) in [6.07, 6.45) is 2.06. The van der Waals surface area contributed by atoms with Gasteiger partial charge in [0.15, 0.2) is 0 Å². The molecule has 0 saturated heterocycles. The van der Waals surface area contributed by atoms with Gasteiger partial charge in [0.05, 0.1) is 19.9 Å². The van der Waals surface area contributed by atoms with Crippen LogP contribution in [-0.4, -0.2) is 37.6 Å². The number of fused-ring (bicyclic) bond motifs is 1. The molecular weight excluding hydrogens is 428 g/mol. The lowest BCUT2D eigenvalue weighted by Crippen LogP contribution is -2.42. The highest BCUT2D eigenvalue weighted by Gasteiger charge is 2.30. The van der Waals surface area contributed by atoms with Crippen LogP contribution in [0.3, 0.4) is 0 Å². The Morgan fingerprint density at radius 3 is 2.33 bits per heavy atom. The highest BCUT2D eigenvalue weighted by molar-refractivity contribution is 7.88. The highest BCUT2D eigenvalue weighted by atomic mass is 32.2. The van der Waals surface area contributed by atoms with Crippen LogP contribution in [0.5, 0.6) is 0 Å². The van der Waals surface area contributed by atoms with Crippen molar-refractivity contribution >= 4 is 43.4 Å². The predicted molar refractivity (Wildman–Crippen MR) is 133 cm³/mol. The summed E-state index contributed by atoms with van der Waals surface area (Å²) in [4.78, 5) is 3.69. The Morgan fingerprint density at radius 1 is 1.20 bits per heavy atom. The van der Waals surface area contributed by atoms with Crippen molar-refractivity contribution in [1.29, 1.82) is 0 Å². The number of aromatic amines is 1. The van der Waals surface area contributed by atoms with Crippen molar-refractivity contribution in [2.45, 2.75) is 78.2 Å². The minimum atomic E-state index is -3.32. The minimum absolute atomic E-state index is 0.0174. The molecule has 0 aliphatic rings. The summed E-state index contributed by atoms with van der Waals surface area (Å²) in [6, 6.07) is 5.98. The number of H-pyrrole nitrogens is 1. The zero-order valence-electron chi connectivity index (χ0n) is 20.1. The number of hydrogen-bond acceptors (Lipinski definition) is 3. The predicted octanol–water partition coefficient (Wildman–Crippen LogP) is 4.90. The van der Waals surface area contributed by atoms with Crippen LogP contribution < -0.4 is 10.0 Å². The van der Waals surface area contributed by atoms with Crippen molar-refractivity contribution in [2.24, 2.45) is 5.41 Å². The minimum Gasteiger partial charge on any atom is -0.410 e. The third kappa shape index (κ3) is 6.78. The van der Waals surface area contributed by atoms with Crippen LogP contribution in [0.25, 0.3) is 10.9 Å². The van der Waals surface area contributed by atoms with Crippen LogP contribution in [0.15, 0.2) is 18.2 Å². The fraction of sp³-hybridized carbons (Fsp3) is 0.636.